The van der Waals surface area contributed by atoms with Crippen molar-refractivity contribution in [2.45, 2.75) is 36.0 Å². The second-order valence-electron chi connectivity index (χ2n) is 7.10. The molecule has 1 heterocycles. The van der Waals surface area contributed by atoms with Gasteiger partial charge in [-0.05, 0) is 61.7 Å². The summed E-state index contributed by atoms with van der Waals surface area (Å²) in [6.07, 6.45) is 3.70. The molecular formula is C23H27N3O4S. The van der Waals surface area contributed by atoms with E-state index >= 15 is 0 Å². The maximum atomic E-state index is 12.2. The SMILES string of the molecule is C[C@@H](Sc1ccccc1)C(=O)N/N=C\c1ccc(OCC(=O)NC[C@@H]2CCCO2)cc1. The van der Waals surface area contributed by atoms with Gasteiger partial charge in [0.1, 0.15) is 5.75 Å². The van der Waals surface area contributed by atoms with Gasteiger partial charge in [0.2, 0.25) is 0 Å². The molecule has 0 spiro atoms. The van der Waals surface area contributed by atoms with E-state index in [1.165, 1.54) is 11.8 Å². The number of benzene rings is 2. The lowest BCUT2D eigenvalue weighted by molar-refractivity contribution is -0.123. The van der Waals surface area contributed by atoms with E-state index in [4.69, 9.17) is 9.47 Å². The smallest absolute Gasteiger partial charge is 0.258 e. The topological polar surface area (TPSA) is 89.0 Å². The van der Waals surface area contributed by atoms with Crippen LogP contribution >= 0.6 is 11.8 Å². The van der Waals surface area contributed by atoms with E-state index in [1.54, 1.807) is 30.5 Å². The minimum absolute atomic E-state index is 0.0484. The zero-order valence-corrected chi connectivity index (χ0v) is 18.3. The molecule has 0 unspecified atom stereocenters. The molecule has 31 heavy (non-hydrogen) atoms. The molecular weight excluding hydrogens is 414 g/mol. The molecule has 0 radical (unpaired) electrons. The Morgan fingerprint density at radius 1 is 1.23 bits per heavy atom. The highest BCUT2D eigenvalue weighted by Gasteiger charge is 2.16. The number of carbonyl (C=O) groups excluding carboxylic acids is 2. The molecule has 0 saturated carbocycles. The molecule has 8 heteroatoms. The monoisotopic (exact) mass is 441 g/mol. The van der Waals surface area contributed by atoms with Gasteiger partial charge in [0.25, 0.3) is 11.8 Å². The van der Waals surface area contributed by atoms with Crippen molar-refractivity contribution in [1.82, 2.24) is 10.7 Å². The van der Waals surface area contributed by atoms with Crippen molar-refractivity contribution in [2.75, 3.05) is 19.8 Å². The third kappa shape index (κ3) is 8.07. The van der Waals surface area contributed by atoms with E-state index in [9.17, 15) is 9.59 Å². The minimum atomic E-state index is -0.262. The van der Waals surface area contributed by atoms with Crippen LogP contribution in [0, 0.1) is 0 Å². The molecule has 2 aromatic carbocycles. The lowest BCUT2D eigenvalue weighted by Crippen LogP contribution is -2.35. The number of amides is 2. The summed E-state index contributed by atoms with van der Waals surface area (Å²) in [5.41, 5.74) is 3.36. The Morgan fingerprint density at radius 3 is 2.71 bits per heavy atom. The fraction of sp³-hybridized carbons (Fsp3) is 0.348. The van der Waals surface area contributed by atoms with Crippen LogP contribution in [0.15, 0.2) is 64.6 Å². The minimum Gasteiger partial charge on any atom is -0.484 e. The first kappa shape index (κ1) is 22.8. The Kier molecular flexibility index (Phi) is 8.93. The maximum absolute atomic E-state index is 12.2. The van der Waals surface area contributed by atoms with Crippen molar-refractivity contribution in [3.8, 4) is 5.75 Å². The summed E-state index contributed by atoms with van der Waals surface area (Å²) >= 11 is 1.48. The van der Waals surface area contributed by atoms with Gasteiger partial charge in [-0.2, -0.15) is 5.10 Å². The number of hydrogen-bond donors (Lipinski definition) is 2. The summed E-state index contributed by atoms with van der Waals surface area (Å²) < 4.78 is 11.0. The normalized spacial score (nSPS) is 16.7. The summed E-state index contributed by atoms with van der Waals surface area (Å²) in [6, 6.07) is 16.9. The average molecular weight is 442 g/mol. The highest BCUT2D eigenvalue weighted by atomic mass is 32.2. The molecule has 0 aliphatic carbocycles. The largest absolute Gasteiger partial charge is 0.484 e. The van der Waals surface area contributed by atoms with Crippen LogP contribution in [-0.2, 0) is 14.3 Å². The maximum Gasteiger partial charge on any atom is 0.258 e. The second-order valence-corrected chi connectivity index (χ2v) is 8.52. The summed E-state index contributed by atoms with van der Waals surface area (Å²) in [5.74, 6) is 0.242. The second kappa shape index (κ2) is 12.1. The van der Waals surface area contributed by atoms with Crippen LogP contribution in [-0.4, -0.2) is 49.1 Å². The van der Waals surface area contributed by atoms with Gasteiger partial charge in [-0.25, -0.2) is 5.43 Å². The Balaban J connectivity index is 1.36. The molecule has 7 nitrogen and oxygen atoms in total. The third-order valence-corrected chi connectivity index (χ3v) is 5.73. The van der Waals surface area contributed by atoms with E-state index in [1.807, 2.05) is 37.3 Å². The molecule has 2 amide bonds. The predicted molar refractivity (Wildman–Crippen MR) is 121 cm³/mol. The lowest BCUT2D eigenvalue weighted by atomic mass is 10.2. The van der Waals surface area contributed by atoms with Crippen molar-refractivity contribution in [2.24, 2.45) is 5.10 Å². The first-order chi connectivity index (χ1) is 15.1. The number of ether oxygens (including phenoxy) is 2. The van der Waals surface area contributed by atoms with Crippen molar-refractivity contribution < 1.29 is 19.1 Å². The number of rotatable bonds is 10. The van der Waals surface area contributed by atoms with Crippen LogP contribution in [0.3, 0.4) is 0 Å². The standard InChI is InChI=1S/C23H27N3O4S/c1-17(31-21-7-3-2-4-8-21)23(28)26-25-14-18-9-11-19(12-10-18)30-16-22(27)24-15-20-6-5-13-29-20/h2-4,7-12,14,17,20H,5-6,13,15-16H2,1H3,(H,24,27)(H,26,28)/b25-14-/t17-,20+/m1/s1. The number of hydrazone groups is 1. The molecule has 0 bridgehead atoms. The van der Waals surface area contributed by atoms with Crippen LogP contribution in [0.1, 0.15) is 25.3 Å². The molecule has 1 fully saturated rings. The van der Waals surface area contributed by atoms with Crippen LogP contribution < -0.4 is 15.5 Å². The molecule has 1 aliphatic rings. The van der Waals surface area contributed by atoms with Gasteiger partial charge >= 0.3 is 0 Å². The average Bonchev–Trinajstić information content (AvgIpc) is 3.31. The summed E-state index contributed by atoms with van der Waals surface area (Å²) in [4.78, 5) is 25.1. The number of hydrogen-bond acceptors (Lipinski definition) is 6. The number of nitrogens with zero attached hydrogens (tertiary/aromatic N) is 1. The Morgan fingerprint density at radius 2 is 2.00 bits per heavy atom. The van der Waals surface area contributed by atoms with Crippen LogP contribution in [0.2, 0.25) is 0 Å². The van der Waals surface area contributed by atoms with Gasteiger partial charge in [0.15, 0.2) is 6.61 Å². The van der Waals surface area contributed by atoms with Crippen LogP contribution in [0.25, 0.3) is 0 Å². The summed E-state index contributed by atoms with van der Waals surface area (Å²) in [5, 5.41) is 6.57. The van der Waals surface area contributed by atoms with Gasteiger partial charge in [-0.15, -0.1) is 11.8 Å². The van der Waals surface area contributed by atoms with Crippen LogP contribution in [0.4, 0.5) is 0 Å². The molecule has 3 rings (SSSR count). The van der Waals surface area contributed by atoms with Crippen molar-refractivity contribution in [3.05, 3.63) is 60.2 Å². The first-order valence-electron chi connectivity index (χ1n) is 10.3. The van der Waals surface area contributed by atoms with Crippen molar-refractivity contribution >= 4 is 29.8 Å². The number of nitrogens with one attached hydrogen (secondary N) is 2. The van der Waals surface area contributed by atoms with Gasteiger partial charge < -0.3 is 14.8 Å². The van der Waals surface area contributed by atoms with Gasteiger partial charge in [-0.1, -0.05) is 18.2 Å². The molecule has 164 valence electrons. The number of thioether (sulfide) groups is 1. The number of carbonyl (C=O) groups is 2. The van der Waals surface area contributed by atoms with Crippen molar-refractivity contribution in [1.29, 1.82) is 0 Å². The van der Waals surface area contributed by atoms with Gasteiger partial charge in [0, 0.05) is 18.0 Å². The van der Waals surface area contributed by atoms with Crippen LogP contribution in [0.5, 0.6) is 5.75 Å². The molecule has 2 atom stereocenters. The Hall–Kier alpha value is -2.84. The highest BCUT2D eigenvalue weighted by molar-refractivity contribution is 8.00. The van der Waals surface area contributed by atoms with E-state index in [0.29, 0.717) is 12.3 Å². The van der Waals surface area contributed by atoms with E-state index in [2.05, 4.69) is 15.8 Å². The molecule has 2 aromatic rings. The first-order valence-corrected chi connectivity index (χ1v) is 11.1. The molecule has 1 saturated heterocycles. The van der Waals surface area contributed by atoms with E-state index < -0.39 is 0 Å². The quantitative estimate of drug-likeness (QED) is 0.336. The molecule has 0 aromatic heterocycles. The highest BCUT2D eigenvalue weighted by Crippen LogP contribution is 2.22. The fourth-order valence-corrected chi connectivity index (χ4v) is 3.78. The molecule has 1 aliphatic heterocycles. The van der Waals surface area contributed by atoms with Gasteiger partial charge in [-0.3, -0.25) is 9.59 Å². The van der Waals surface area contributed by atoms with E-state index in [0.717, 1.165) is 29.9 Å². The lowest BCUT2D eigenvalue weighted by Gasteiger charge is -2.11. The summed E-state index contributed by atoms with van der Waals surface area (Å²) in [6.45, 7) is 3.08. The fourth-order valence-electron chi connectivity index (χ4n) is 2.90. The molecule has 2 N–H and O–H groups in total. The van der Waals surface area contributed by atoms with E-state index in [-0.39, 0.29) is 29.8 Å². The zero-order chi connectivity index (χ0) is 21.9. The third-order valence-electron chi connectivity index (χ3n) is 4.61. The van der Waals surface area contributed by atoms with Crippen molar-refractivity contribution in [3.63, 3.8) is 0 Å². The Bertz CT molecular complexity index is 868. The predicted octanol–water partition coefficient (Wildman–Crippen LogP) is 2.99. The van der Waals surface area contributed by atoms with Gasteiger partial charge in [0.05, 0.1) is 17.6 Å². The summed E-state index contributed by atoms with van der Waals surface area (Å²) in [7, 11) is 0. The zero-order valence-electron chi connectivity index (χ0n) is 17.5. The Labute approximate surface area is 186 Å².